The van der Waals surface area contributed by atoms with E-state index in [1.807, 2.05) is 18.2 Å². The largest absolute Gasteiger partial charge is 0.497 e. The zero-order chi connectivity index (χ0) is 18.4. The van der Waals surface area contributed by atoms with Crippen LogP contribution in [0, 0.1) is 0 Å². The molecule has 5 nitrogen and oxygen atoms in total. The highest BCUT2D eigenvalue weighted by Crippen LogP contribution is 2.26. The van der Waals surface area contributed by atoms with Gasteiger partial charge < -0.3 is 14.8 Å². The van der Waals surface area contributed by atoms with E-state index in [1.165, 1.54) is 38.5 Å². The Morgan fingerprint density at radius 1 is 1.12 bits per heavy atom. The molecule has 0 radical (unpaired) electrons. The van der Waals surface area contributed by atoms with Crippen LogP contribution in [0.2, 0.25) is 0 Å². The van der Waals surface area contributed by atoms with Gasteiger partial charge in [-0.3, -0.25) is 9.69 Å². The summed E-state index contributed by atoms with van der Waals surface area (Å²) in [5.74, 6) is 1.51. The van der Waals surface area contributed by atoms with E-state index in [0.29, 0.717) is 12.2 Å². The first kappa shape index (κ1) is 19.0. The number of hydrogen-bond donors (Lipinski definition) is 1. The van der Waals surface area contributed by atoms with E-state index >= 15 is 0 Å². The first-order valence-corrected chi connectivity index (χ1v) is 9.94. The molecule has 1 aliphatic heterocycles. The average molecular weight is 360 g/mol. The molecule has 1 unspecified atom stereocenters. The number of methoxy groups -OCH3 is 2. The molecular formula is C21H32N2O3. The summed E-state index contributed by atoms with van der Waals surface area (Å²) < 4.78 is 10.6. The van der Waals surface area contributed by atoms with Crippen molar-refractivity contribution >= 4 is 5.91 Å². The normalized spacial score (nSPS) is 22.0. The van der Waals surface area contributed by atoms with Crippen LogP contribution in [0.3, 0.4) is 0 Å². The van der Waals surface area contributed by atoms with Gasteiger partial charge in [-0.05, 0) is 25.3 Å². The van der Waals surface area contributed by atoms with Crippen molar-refractivity contribution < 1.29 is 14.3 Å². The van der Waals surface area contributed by atoms with Gasteiger partial charge in [0.2, 0.25) is 5.91 Å². The van der Waals surface area contributed by atoms with E-state index in [4.69, 9.17) is 9.47 Å². The number of nitrogens with zero attached hydrogens (tertiary/aromatic N) is 1. The van der Waals surface area contributed by atoms with Crippen LogP contribution in [-0.2, 0) is 11.2 Å². The fraction of sp³-hybridized carbons (Fsp3) is 0.667. The van der Waals surface area contributed by atoms with Crippen molar-refractivity contribution in [3.05, 3.63) is 23.8 Å². The third-order valence-corrected chi connectivity index (χ3v) is 5.77. The Kier molecular flexibility index (Phi) is 6.78. The smallest absolute Gasteiger partial charge is 0.224 e. The molecule has 1 saturated heterocycles. The number of ether oxygens (including phenoxy) is 2. The fourth-order valence-electron chi connectivity index (χ4n) is 4.31. The lowest BCUT2D eigenvalue weighted by molar-refractivity contribution is -0.121. The van der Waals surface area contributed by atoms with Crippen molar-refractivity contribution in [1.82, 2.24) is 10.2 Å². The highest BCUT2D eigenvalue weighted by molar-refractivity contribution is 5.79. The first-order chi connectivity index (χ1) is 12.7. The van der Waals surface area contributed by atoms with E-state index in [-0.39, 0.29) is 11.9 Å². The standard InChI is InChI=1S/C21H32N2O3/c1-25-19-10-9-16(20(14-19)26-2)13-21(24)22-17-11-12-23(15-17)18-7-5-3-4-6-8-18/h9-10,14,17-18H,3-8,11-13,15H2,1-2H3,(H,22,24). The van der Waals surface area contributed by atoms with Crippen LogP contribution >= 0.6 is 0 Å². The molecular weight excluding hydrogens is 328 g/mol. The van der Waals surface area contributed by atoms with E-state index in [2.05, 4.69) is 10.2 Å². The van der Waals surface area contributed by atoms with Crippen molar-refractivity contribution in [2.45, 2.75) is 63.5 Å². The summed E-state index contributed by atoms with van der Waals surface area (Å²) in [6.07, 6.45) is 9.52. The molecule has 1 aromatic carbocycles. The van der Waals surface area contributed by atoms with Gasteiger partial charge in [0.05, 0.1) is 20.6 Å². The van der Waals surface area contributed by atoms with Crippen molar-refractivity contribution in [1.29, 1.82) is 0 Å². The Bertz CT molecular complexity index is 597. The average Bonchev–Trinajstić information content (AvgIpc) is 2.94. The lowest BCUT2D eigenvalue weighted by atomic mass is 10.1. The van der Waals surface area contributed by atoms with Crippen molar-refractivity contribution in [2.24, 2.45) is 0 Å². The summed E-state index contributed by atoms with van der Waals surface area (Å²) in [7, 11) is 3.25. The number of nitrogens with one attached hydrogen (secondary N) is 1. The van der Waals surface area contributed by atoms with Gasteiger partial charge in [0.1, 0.15) is 11.5 Å². The molecule has 0 aromatic heterocycles. The second-order valence-electron chi connectivity index (χ2n) is 7.55. The van der Waals surface area contributed by atoms with Gasteiger partial charge in [-0.2, -0.15) is 0 Å². The number of hydrogen-bond acceptors (Lipinski definition) is 4. The topological polar surface area (TPSA) is 50.8 Å². The summed E-state index contributed by atoms with van der Waals surface area (Å²) in [4.78, 5) is 15.1. The minimum atomic E-state index is 0.0705. The van der Waals surface area contributed by atoms with Gasteiger partial charge in [-0.1, -0.05) is 31.7 Å². The number of amides is 1. The molecule has 26 heavy (non-hydrogen) atoms. The molecule has 1 atom stereocenters. The second-order valence-corrected chi connectivity index (χ2v) is 7.55. The van der Waals surface area contributed by atoms with E-state index in [1.54, 1.807) is 14.2 Å². The molecule has 144 valence electrons. The monoisotopic (exact) mass is 360 g/mol. The number of rotatable bonds is 6. The Morgan fingerprint density at radius 2 is 1.88 bits per heavy atom. The molecule has 1 heterocycles. The summed E-state index contributed by atoms with van der Waals surface area (Å²) in [6, 6.07) is 6.60. The molecule has 0 spiro atoms. The first-order valence-electron chi connectivity index (χ1n) is 9.94. The molecule has 1 amide bonds. The van der Waals surface area contributed by atoms with Crippen LogP contribution in [0.15, 0.2) is 18.2 Å². The molecule has 2 aliphatic rings. The molecule has 0 bridgehead atoms. The van der Waals surface area contributed by atoms with Crippen molar-refractivity contribution in [3.8, 4) is 11.5 Å². The van der Waals surface area contributed by atoms with Crippen LogP contribution in [0.4, 0.5) is 0 Å². The maximum Gasteiger partial charge on any atom is 0.224 e. The molecule has 1 saturated carbocycles. The number of carbonyl (C=O) groups is 1. The summed E-state index contributed by atoms with van der Waals surface area (Å²) in [5.41, 5.74) is 0.893. The maximum atomic E-state index is 12.5. The Balaban J connectivity index is 1.51. The number of likely N-dealkylation sites (tertiary alicyclic amines) is 1. The molecule has 1 N–H and O–H groups in total. The summed E-state index contributed by atoms with van der Waals surface area (Å²) in [5, 5.41) is 3.22. The highest BCUT2D eigenvalue weighted by atomic mass is 16.5. The van der Waals surface area contributed by atoms with Crippen molar-refractivity contribution in [2.75, 3.05) is 27.3 Å². The lowest BCUT2D eigenvalue weighted by Gasteiger charge is -2.26. The van der Waals surface area contributed by atoms with E-state index < -0.39 is 0 Å². The third-order valence-electron chi connectivity index (χ3n) is 5.77. The minimum absolute atomic E-state index is 0.0705. The van der Waals surface area contributed by atoms with Gasteiger partial charge in [-0.25, -0.2) is 0 Å². The van der Waals surface area contributed by atoms with Gasteiger partial charge in [0.25, 0.3) is 0 Å². The fourth-order valence-corrected chi connectivity index (χ4v) is 4.31. The predicted molar refractivity (Wildman–Crippen MR) is 103 cm³/mol. The zero-order valence-corrected chi connectivity index (χ0v) is 16.1. The van der Waals surface area contributed by atoms with E-state index in [0.717, 1.165) is 36.9 Å². The maximum absolute atomic E-state index is 12.5. The van der Waals surface area contributed by atoms with Gasteiger partial charge >= 0.3 is 0 Å². The minimum Gasteiger partial charge on any atom is -0.497 e. The summed E-state index contributed by atoms with van der Waals surface area (Å²) >= 11 is 0. The van der Waals surface area contributed by atoms with Crippen LogP contribution in [-0.4, -0.2) is 50.2 Å². The molecule has 5 heteroatoms. The Hall–Kier alpha value is -1.75. The quantitative estimate of drug-likeness (QED) is 0.792. The lowest BCUT2D eigenvalue weighted by Crippen LogP contribution is -2.40. The van der Waals surface area contributed by atoms with Crippen LogP contribution in [0.1, 0.15) is 50.5 Å². The van der Waals surface area contributed by atoms with Crippen LogP contribution in [0.5, 0.6) is 11.5 Å². The number of benzene rings is 1. The molecule has 3 rings (SSSR count). The van der Waals surface area contributed by atoms with Crippen molar-refractivity contribution in [3.63, 3.8) is 0 Å². The Morgan fingerprint density at radius 3 is 2.58 bits per heavy atom. The Labute approximate surface area is 157 Å². The second kappa shape index (κ2) is 9.26. The van der Waals surface area contributed by atoms with Crippen LogP contribution in [0.25, 0.3) is 0 Å². The molecule has 1 aliphatic carbocycles. The molecule has 2 fully saturated rings. The van der Waals surface area contributed by atoms with E-state index in [9.17, 15) is 4.79 Å². The van der Waals surface area contributed by atoms with Gasteiger partial charge in [-0.15, -0.1) is 0 Å². The van der Waals surface area contributed by atoms with Crippen LogP contribution < -0.4 is 14.8 Å². The highest BCUT2D eigenvalue weighted by Gasteiger charge is 2.29. The zero-order valence-electron chi connectivity index (χ0n) is 16.1. The molecule has 1 aromatic rings. The summed E-state index contributed by atoms with van der Waals surface area (Å²) in [6.45, 7) is 2.11. The SMILES string of the molecule is COc1ccc(CC(=O)NC2CCN(C3CCCCCC3)C2)c(OC)c1. The third kappa shape index (κ3) is 4.91. The van der Waals surface area contributed by atoms with Gasteiger partial charge in [0.15, 0.2) is 0 Å². The van der Waals surface area contributed by atoms with Gasteiger partial charge in [0, 0.05) is 36.8 Å². The number of carbonyl (C=O) groups excluding carboxylic acids is 1. The predicted octanol–water partition coefficient (Wildman–Crippen LogP) is 3.16.